The number of aromatic nitrogens is 1. The van der Waals surface area contributed by atoms with E-state index in [0.29, 0.717) is 5.02 Å². The van der Waals surface area contributed by atoms with Gasteiger partial charge in [-0.3, -0.25) is 9.98 Å². The van der Waals surface area contributed by atoms with Crippen LogP contribution in [0.15, 0.2) is 82.8 Å². The van der Waals surface area contributed by atoms with Crippen LogP contribution in [0.1, 0.15) is 25.2 Å². The second-order valence-corrected chi connectivity index (χ2v) is 6.05. The van der Waals surface area contributed by atoms with Gasteiger partial charge in [-0.1, -0.05) is 35.9 Å². The van der Waals surface area contributed by atoms with Crippen LogP contribution < -0.4 is 0 Å². The van der Waals surface area contributed by atoms with Gasteiger partial charge in [-0.2, -0.15) is 0 Å². The summed E-state index contributed by atoms with van der Waals surface area (Å²) in [6.45, 7) is 3.91. The molecule has 3 rings (SSSR count). The molecule has 0 unspecified atom stereocenters. The quantitative estimate of drug-likeness (QED) is 0.532. The van der Waals surface area contributed by atoms with Crippen LogP contribution in [0.2, 0.25) is 5.02 Å². The third kappa shape index (κ3) is 4.61. The lowest BCUT2D eigenvalue weighted by atomic mass is 10.2. The van der Waals surface area contributed by atoms with Gasteiger partial charge in [0.25, 0.3) is 0 Å². The van der Waals surface area contributed by atoms with E-state index in [1.165, 1.54) is 0 Å². The molecule has 3 nitrogen and oxygen atoms in total. The van der Waals surface area contributed by atoms with Crippen LogP contribution >= 0.6 is 11.6 Å². The van der Waals surface area contributed by atoms with Crippen molar-refractivity contribution >= 4 is 34.4 Å². The molecule has 0 bridgehead atoms. The number of rotatable bonds is 4. The lowest BCUT2D eigenvalue weighted by Gasteiger charge is -2.05. The van der Waals surface area contributed by atoms with Crippen LogP contribution in [0, 0.1) is 0 Å². The zero-order valence-electron chi connectivity index (χ0n) is 14.1. The molecule has 0 aliphatic carbocycles. The summed E-state index contributed by atoms with van der Waals surface area (Å²) >= 11 is 5.91. The summed E-state index contributed by atoms with van der Waals surface area (Å²) in [4.78, 5) is 13.9. The number of nitrogens with zero attached hydrogens (tertiary/aromatic N) is 3. The van der Waals surface area contributed by atoms with Crippen LogP contribution in [0.4, 0.5) is 11.4 Å². The third-order valence-corrected chi connectivity index (χ3v) is 3.92. The van der Waals surface area contributed by atoms with Crippen LogP contribution in [0.3, 0.4) is 0 Å². The van der Waals surface area contributed by atoms with Crippen molar-refractivity contribution in [3.8, 4) is 0 Å². The molecule has 0 amide bonds. The highest BCUT2D eigenvalue weighted by molar-refractivity contribution is 6.30. The van der Waals surface area contributed by atoms with Crippen LogP contribution in [0.5, 0.6) is 0 Å². The lowest BCUT2D eigenvalue weighted by Crippen LogP contribution is -2.04. The molecule has 1 heterocycles. The van der Waals surface area contributed by atoms with Crippen LogP contribution in [-0.2, 0) is 0 Å². The Morgan fingerprint density at radius 2 is 1.20 bits per heavy atom. The number of hydrogen-bond donors (Lipinski definition) is 0. The first-order chi connectivity index (χ1) is 12.1. The summed E-state index contributed by atoms with van der Waals surface area (Å²) < 4.78 is 0. The molecule has 0 spiro atoms. The van der Waals surface area contributed by atoms with Crippen molar-refractivity contribution in [2.45, 2.75) is 13.8 Å². The first-order valence-electron chi connectivity index (χ1n) is 8.01. The van der Waals surface area contributed by atoms with Gasteiger partial charge in [0.15, 0.2) is 0 Å². The summed E-state index contributed by atoms with van der Waals surface area (Å²) in [6.07, 6.45) is 0. The van der Waals surface area contributed by atoms with Gasteiger partial charge in [-0.25, -0.2) is 4.98 Å². The fraction of sp³-hybridized carbons (Fsp3) is 0.0952. The van der Waals surface area contributed by atoms with E-state index < -0.39 is 0 Å². The van der Waals surface area contributed by atoms with E-state index in [1.54, 1.807) is 0 Å². The first-order valence-corrected chi connectivity index (χ1v) is 8.38. The maximum Gasteiger partial charge on any atom is 0.0849 e. The van der Waals surface area contributed by atoms with Gasteiger partial charge in [0, 0.05) is 5.02 Å². The van der Waals surface area contributed by atoms with E-state index in [0.717, 1.165) is 34.2 Å². The largest absolute Gasteiger partial charge is 0.252 e. The molecular weight excluding hydrogens is 330 g/mol. The Morgan fingerprint density at radius 1 is 0.680 bits per heavy atom. The van der Waals surface area contributed by atoms with Gasteiger partial charge in [0.2, 0.25) is 0 Å². The van der Waals surface area contributed by atoms with Gasteiger partial charge in [-0.15, -0.1) is 0 Å². The molecule has 4 heteroatoms. The van der Waals surface area contributed by atoms with Gasteiger partial charge in [0.1, 0.15) is 0 Å². The minimum absolute atomic E-state index is 0.699. The second-order valence-electron chi connectivity index (χ2n) is 5.61. The summed E-state index contributed by atoms with van der Waals surface area (Å²) in [5.74, 6) is 0. The summed E-state index contributed by atoms with van der Waals surface area (Å²) in [5.41, 5.74) is 5.15. The predicted molar refractivity (Wildman–Crippen MR) is 106 cm³/mol. The Kier molecular flexibility index (Phi) is 5.36. The molecule has 0 radical (unpaired) electrons. The minimum Gasteiger partial charge on any atom is -0.252 e. The minimum atomic E-state index is 0.699. The number of hydrogen-bond acceptors (Lipinski definition) is 3. The van der Waals surface area contributed by atoms with Crippen molar-refractivity contribution in [1.82, 2.24) is 4.98 Å². The number of pyridine rings is 1. The number of aliphatic imine (C=N–C) groups is 2. The molecule has 0 atom stereocenters. The number of halogens is 1. The predicted octanol–water partition coefficient (Wildman–Crippen LogP) is 6.02. The highest BCUT2D eigenvalue weighted by Crippen LogP contribution is 2.18. The van der Waals surface area contributed by atoms with Crippen molar-refractivity contribution in [3.05, 3.63) is 89.2 Å². The van der Waals surface area contributed by atoms with E-state index in [-0.39, 0.29) is 0 Å². The van der Waals surface area contributed by atoms with E-state index in [4.69, 9.17) is 16.6 Å². The summed E-state index contributed by atoms with van der Waals surface area (Å²) in [6, 6.07) is 23.2. The van der Waals surface area contributed by atoms with Gasteiger partial charge in [-0.05, 0) is 62.4 Å². The number of para-hydroxylation sites is 1. The zero-order chi connectivity index (χ0) is 17.6. The van der Waals surface area contributed by atoms with E-state index in [2.05, 4.69) is 9.98 Å². The fourth-order valence-corrected chi connectivity index (χ4v) is 2.48. The first kappa shape index (κ1) is 17.1. The van der Waals surface area contributed by atoms with Crippen molar-refractivity contribution in [2.24, 2.45) is 9.98 Å². The highest BCUT2D eigenvalue weighted by atomic mass is 35.5. The molecule has 0 aliphatic heterocycles. The van der Waals surface area contributed by atoms with E-state index >= 15 is 0 Å². The Hall–Kier alpha value is -2.78. The molecule has 0 fully saturated rings. The smallest absolute Gasteiger partial charge is 0.0849 e. The maximum atomic E-state index is 5.91. The molecule has 0 N–H and O–H groups in total. The summed E-state index contributed by atoms with van der Waals surface area (Å²) in [5, 5.41) is 0.699. The molecular formula is C21H18ClN3. The topological polar surface area (TPSA) is 37.6 Å². The SMILES string of the molecule is C/C(=N\c1ccccc1)c1cccc(/C(C)=N/c2ccc(Cl)cc2)n1. The molecule has 0 aliphatic rings. The lowest BCUT2D eigenvalue weighted by molar-refractivity contribution is 1.24. The van der Waals surface area contributed by atoms with Gasteiger partial charge >= 0.3 is 0 Å². The zero-order valence-corrected chi connectivity index (χ0v) is 14.9. The molecule has 124 valence electrons. The molecule has 0 saturated carbocycles. The molecule has 2 aromatic carbocycles. The van der Waals surface area contributed by atoms with E-state index in [9.17, 15) is 0 Å². The van der Waals surface area contributed by atoms with Gasteiger partial charge < -0.3 is 0 Å². The second kappa shape index (κ2) is 7.86. The Balaban J connectivity index is 1.88. The standard InChI is InChI=1S/C21H18ClN3/c1-15(23-18-7-4-3-5-8-18)20-9-6-10-21(25-20)16(2)24-19-13-11-17(22)12-14-19/h3-14H,1-2H3/b23-15+,24-16+. The monoisotopic (exact) mass is 347 g/mol. The molecule has 3 aromatic rings. The van der Waals surface area contributed by atoms with Crippen LogP contribution in [-0.4, -0.2) is 16.4 Å². The van der Waals surface area contributed by atoms with Gasteiger partial charge in [0.05, 0.1) is 34.2 Å². The normalized spacial score (nSPS) is 12.3. The Labute approximate surface area is 152 Å². The molecule has 0 saturated heterocycles. The number of benzene rings is 2. The Morgan fingerprint density at radius 3 is 1.76 bits per heavy atom. The summed E-state index contributed by atoms with van der Waals surface area (Å²) in [7, 11) is 0. The van der Waals surface area contributed by atoms with Crippen LogP contribution in [0.25, 0.3) is 0 Å². The average Bonchev–Trinajstić information content (AvgIpc) is 2.64. The maximum absolute atomic E-state index is 5.91. The fourth-order valence-electron chi connectivity index (χ4n) is 2.36. The Bertz CT molecular complexity index is 913. The van der Waals surface area contributed by atoms with Crippen molar-refractivity contribution in [2.75, 3.05) is 0 Å². The van der Waals surface area contributed by atoms with Crippen molar-refractivity contribution < 1.29 is 0 Å². The molecule has 25 heavy (non-hydrogen) atoms. The highest BCUT2D eigenvalue weighted by Gasteiger charge is 2.05. The van der Waals surface area contributed by atoms with Crippen molar-refractivity contribution in [1.29, 1.82) is 0 Å². The third-order valence-electron chi connectivity index (χ3n) is 3.67. The van der Waals surface area contributed by atoms with Crippen molar-refractivity contribution in [3.63, 3.8) is 0 Å². The van der Waals surface area contributed by atoms with E-state index in [1.807, 2.05) is 86.6 Å². The average molecular weight is 348 g/mol. The molecule has 1 aromatic heterocycles.